The van der Waals surface area contributed by atoms with Gasteiger partial charge in [-0.2, -0.15) is 0 Å². The lowest BCUT2D eigenvalue weighted by atomic mass is 10.1. The predicted molar refractivity (Wildman–Crippen MR) is 135 cm³/mol. The number of hydrogen-bond acceptors (Lipinski definition) is 7. The first-order valence-corrected chi connectivity index (χ1v) is 11.9. The van der Waals surface area contributed by atoms with Crippen LogP contribution in [0.25, 0.3) is 11.4 Å². The highest BCUT2D eigenvalue weighted by molar-refractivity contribution is 8.00. The van der Waals surface area contributed by atoms with Crippen LogP contribution in [0, 0.1) is 0 Å². The number of benzene rings is 2. The molecule has 9 heteroatoms. The molecule has 4 aromatic rings. The summed E-state index contributed by atoms with van der Waals surface area (Å²) >= 11 is 1.31. The van der Waals surface area contributed by atoms with Crippen LogP contribution in [0.1, 0.15) is 28.1 Å². The molecule has 0 aliphatic heterocycles. The maximum Gasteiger partial charge on any atom is 0.242 e. The maximum absolute atomic E-state index is 13.5. The second-order valence-electron chi connectivity index (χ2n) is 7.72. The van der Waals surface area contributed by atoms with Crippen LogP contribution in [-0.4, -0.2) is 45.2 Å². The highest BCUT2D eigenvalue weighted by Gasteiger charge is 2.26. The molecule has 2 aromatic heterocycles. The van der Waals surface area contributed by atoms with Gasteiger partial charge in [-0.05, 0) is 36.8 Å². The topological polar surface area (TPSA) is 99.0 Å². The fraction of sp³-hybridized carbons (Fsp3) is 0.192. The summed E-state index contributed by atoms with van der Waals surface area (Å²) in [5.41, 5.74) is 2.79. The largest absolute Gasteiger partial charge is 0.383 e. The summed E-state index contributed by atoms with van der Waals surface area (Å²) in [6, 6.07) is 20.1. The quantitative estimate of drug-likeness (QED) is 0.257. The number of pyridine rings is 1. The number of aromatic nitrogens is 4. The highest BCUT2D eigenvalue weighted by Crippen LogP contribution is 2.37. The van der Waals surface area contributed by atoms with Gasteiger partial charge in [-0.15, -0.1) is 10.2 Å². The Kier molecular flexibility index (Phi) is 8.02. The fourth-order valence-electron chi connectivity index (χ4n) is 3.50. The van der Waals surface area contributed by atoms with Gasteiger partial charge in [0.1, 0.15) is 5.25 Å². The third-order valence-corrected chi connectivity index (χ3v) is 6.51. The number of ketones is 1. The average Bonchev–Trinajstić information content (AvgIpc) is 3.29. The average molecular weight is 488 g/mol. The number of ether oxygens (including phenoxy) is 1. The monoisotopic (exact) mass is 487 g/mol. The van der Waals surface area contributed by atoms with Crippen molar-refractivity contribution < 1.29 is 14.3 Å². The number of carbonyl (C=O) groups excluding carboxylic acids is 2. The molecule has 8 nitrogen and oxygen atoms in total. The van der Waals surface area contributed by atoms with E-state index in [1.165, 1.54) is 18.7 Å². The summed E-state index contributed by atoms with van der Waals surface area (Å²) < 4.78 is 7.25. The number of amides is 1. The number of carbonyl (C=O) groups is 2. The van der Waals surface area contributed by atoms with Crippen LogP contribution < -0.4 is 5.32 Å². The van der Waals surface area contributed by atoms with Crippen LogP contribution in [0.3, 0.4) is 0 Å². The third-order valence-electron chi connectivity index (χ3n) is 5.27. The summed E-state index contributed by atoms with van der Waals surface area (Å²) in [4.78, 5) is 29.3. The molecule has 2 heterocycles. The molecule has 0 fully saturated rings. The number of anilines is 1. The van der Waals surface area contributed by atoms with Crippen LogP contribution in [-0.2, 0) is 16.1 Å². The normalized spacial score (nSPS) is 11.7. The van der Waals surface area contributed by atoms with E-state index in [-0.39, 0.29) is 11.7 Å². The van der Waals surface area contributed by atoms with Crippen molar-refractivity contribution in [1.82, 2.24) is 19.7 Å². The van der Waals surface area contributed by atoms with Gasteiger partial charge in [0.2, 0.25) is 5.91 Å². The number of hydrogen-bond donors (Lipinski definition) is 1. The fourth-order valence-corrected chi connectivity index (χ4v) is 4.57. The summed E-state index contributed by atoms with van der Waals surface area (Å²) in [6.45, 7) is 2.48. The van der Waals surface area contributed by atoms with E-state index in [9.17, 15) is 9.59 Å². The van der Waals surface area contributed by atoms with Crippen molar-refractivity contribution >= 4 is 29.1 Å². The Bertz CT molecular complexity index is 1290. The second-order valence-corrected chi connectivity index (χ2v) is 8.79. The van der Waals surface area contributed by atoms with Gasteiger partial charge >= 0.3 is 0 Å². The molecule has 1 amide bonds. The summed E-state index contributed by atoms with van der Waals surface area (Å²) in [5.74, 6) is 0.381. The molecule has 0 aliphatic carbocycles. The minimum Gasteiger partial charge on any atom is -0.383 e. The van der Waals surface area contributed by atoms with Gasteiger partial charge in [0.05, 0.1) is 13.2 Å². The molecule has 1 N–H and O–H groups in total. The highest BCUT2D eigenvalue weighted by atomic mass is 32.2. The summed E-state index contributed by atoms with van der Waals surface area (Å²) in [7, 11) is 1.64. The zero-order valence-corrected chi connectivity index (χ0v) is 20.2. The Morgan fingerprint density at radius 1 is 1.03 bits per heavy atom. The summed E-state index contributed by atoms with van der Waals surface area (Å²) in [6.07, 6.45) is 3.40. The second kappa shape index (κ2) is 11.5. The SMILES string of the molecule is COCCn1c(S[C@@H](C(=O)Nc2cccc(C(C)=O)c2)c2ccccc2)nnc1-c1ccncc1. The van der Waals surface area contributed by atoms with Crippen LogP contribution in [0.5, 0.6) is 0 Å². The van der Waals surface area contributed by atoms with Crippen molar-refractivity contribution in [3.8, 4) is 11.4 Å². The number of thioether (sulfide) groups is 1. The van der Waals surface area contributed by atoms with E-state index in [0.717, 1.165) is 11.1 Å². The molecule has 178 valence electrons. The molecule has 0 saturated heterocycles. The van der Waals surface area contributed by atoms with Crippen LogP contribution in [0.2, 0.25) is 0 Å². The number of Topliss-reactive ketones (excluding diaryl/α,β-unsaturated/α-hetero) is 1. The number of nitrogens with one attached hydrogen (secondary N) is 1. The van der Waals surface area contributed by atoms with E-state index in [2.05, 4.69) is 20.5 Å². The maximum atomic E-state index is 13.5. The van der Waals surface area contributed by atoms with E-state index < -0.39 is 5.25 Å². The smallest absolute Gasteiger partial charge is 0.242 e. The van der Waals surface area contributed by atoms with Gasteiger partial charge in [-0.25, -0.2) is 0 Å². The standard InChI is InChI=1S/C26H25N5O3S/c1-18(32)21-9-6-10-22(17-21)28-25(33)23(19-7-4-3-5-8-19)35-26-30-29-24(31(26)15-16-34-2)20-11-13-27-14-12-20/h3-14,17,23H,15-16H2,1-2H3,(H,28,33)/t23-/m1/s1. The number of rotatable bonds is 10. The molecule has 4 rings (SSSR count). The number of methoxy groups -OCH3 is 1. The molecule has 0 bridgehead atoms. The van der Waals surface area contributed by atoms with Crippen molar-refractivity contribution in [3.63, 3.8) is 0 Å². The zero-order chi connectivity index (χ0) is 24.6. The Morgan fingerprint density at radius 3 is 2.51 bits per heavy atom. The Hall–Kier alpha value is -3.82. The van der Waals surface area contributed by atoms with Gasteiger partial charge in [0, 0.05) is 36.3 Å². The number of nitrogens with zero attached hydrogens (tertiary/aromatic N) is 4. The molecule has 2 aromatic carbocycles. The van der Waals surface area contributed by atoms with E-state index in [0.29, 0.717) is 35.4 Å². The van der Waals surface area contributed by atoms with E-state index in [4.69, 9.17) is 4.74 Å². The van der Waals surface area contributed by atoms with Gasteiger partial charge in [0.25, 0.3) is 0 Å². The summed E-state index contributed by atoms with van der Waals surface area (Å²) in [5, 5.41) is 11.8. The van der Waals surface area contributed by atoms with Gasteiger partial charge < -0.3 is 10.1 Å². The van der Waals surface area contributed by atoms with Gasteiger partial charge in [-0.3, -0.25) is 19.1 Å². The molecule has 0 spiro atoms. The molecule has 0 aliphatic rings. The molecule has 35 heavy (non-hydrogen) atoms. The molecule has 0 unspecified atom stereocenters. The molecule has 0 radical (unpaired) electrons. The van der Waals surface area contributed by atoms with E-state index in [1.54, 1.807) is 43.8 Å². The van der Waals surface area contributed by atoms with E-state index in [1.807, 2.05) is 47.0 Å². The molecule has 0 saturated carbocycles. The zero-order valence-electron chi connectivity index (χ0n) is 19.4. The van der Waals surface area contributed by atoms with Crippen molar-refractivity contribution in [2.75, 3.05) is 19.0 Å². The lowest BCUT2D eigenvalue weighted by Crippen LogP contribution is -2.20. The Balaban J connectivity index is 1.67. The third kappa shape index (κ3) is 6.00. The predicted octanol–water partition coefficient (Wildman–Crippen LogP) is 4.66. The van der Waals surface area contributed by atoms with Crippen molar-refractivity contribution in [1.29, 1.82) is 0 Å². The van der Waals surface area contributed by atoms with Crippen LogP contribution in [0.4, 0.5) is 5.69 Å². The Morgan fingerprint density at radius 2 is 1.80 bits per heavy atom. The van der Waals surface area contributed by atoms with Crippen LogP contribution >= 0.6 is 11.8 Å². The lowest BCUT2D eigenvalue weighted by molar-refractivity contribution is -0.115. The minimum absolute atomic E-state index is 0.0648. The molecular weight excluding hydrogens is 462 g/mol. The van der Waals surface area contributed by atoms with Crippen molar-refractivity contribution in [3.05, 3.63) is 90.3 Å². The first kappa shape index (κ1) is 24.3. The Labute approximate surface area is 207 Å². The van der Waals surface area contributed by atoms with Crippen LogP contribution in [0.15, 0.2) is 84.3 Å². The van der Waals surface area contributed by atoms with Crippen molar-refractivity contribution in [2.45, 2.75) is 23.9 Å². The molecule has 1 atom stereocenters. The van der Waals surface area contributed by atoms with Gasteiger partial charge in [-0.1, -0.05) is 54.2 Å². The lowest BCUT2D eigenvalue weighted by Gasteiger charge is -2.18. The minimum atomic E-state index is -0.604. The van der Waals surface area contributed by atoms with Crippen molar-refractivity contribution in [2.24, 2.45) is 0 Å². The first-order valence-electron chi connectivity index (χ1n) is 11.0. The molecular formula is C26H25N5O3S. The van der Waals surface area contributed by atoms with Gasteiger partial charge in [0.15, 0.2) is 16.8 Å². The van der Waals surface area contributed by atoms with E-state index >= 15 is 0 Å². The first-order chi connectivity index (χ1) is 17.1.